The quantitative estimate of drug-likeness (QED) is 0.511. The molecule has 0 spiro atoms. The standard InChI is InChI=1S/C19H21BN3O/c1-12-6-9-17(22(5)11-12)23-14(3)10-16-18(20(23)4)15-8-7-13(2)21-19(15)24-16/h6-11H,1-5H3/q+1. The largest absolute Gasteiger partial charge is 0.439 e. The highest BCUT2D eigenvalue weighted by Gasteiger charge is 2.40. The second kappa shape index (κ2) is 5.23. The highest BCUT2D eigenvalue weighted by Crippen LogP contribution is 2.28. The Morgan fingerprint density at radius 1 is 1.12 bits per heavy atom. The second-order valence-electron chi connectivity index (χ2n) is 6.69. The fraction of sp³-hybridized carbons (Fsp3) is 0.263. The molecule has 4 heterocycles. The smallest absolute Gasteiger partial charge is 0.413 e. The van der Waals surface area contributed by atoms with Crippen molar-refractivity contribution in [2.75, 3.05) is 4.81 Å². The number of furan rings is 1. The fourth-order valence-electron chi connectivity index (χ4n) is 3.71. The van der Waals surface area contributed by atoms with Crippen molar-refractivity contribution < 1.29 is 8.98 Å². The van der Waals surface area contributed by atoms with Gasteiger partial charge in [-0.3, -0.25) is 4.81 Å². The minimum Gasteiger partial charge on any atom is -0.439 e. The monoisotopic (exact) mass is 318 g/mol. The van der Waals surface area contributed by atoms with Crippen LogP contribution >= 0.6 is 0 Å². The first-order chi connectivity index (χ1) is 11.5. The lowest BCUT2D eigenvalue weighted by Crippen LogP contribution is -2.52. The molecular weight excluding hydrogens is 297 g/mol. The predicted molar refractivity (Wildman–Crippen MR) is 98.5 cm³/mol. The predicted octanol–water partition coefficient (Wildman–Crippen LogP) is 2.98. The molecule has 4 nitrogen and oxygen atoms in total. The number of allylic oxidation sites excluding steroid dienone is 1. The van der Waals surface area contributed by atoms with Crippen molar-refractivity contribution >= 4 is 35.3 Å². The Labute approximate surface area is 142 Å². The fourth-order valence-corrected chi connectivity index (χ4v) is 3.71. The maximum absolute atomic E-state index is 6.02. The summed E-state index contributed by atoms with van der Waals surface area (Å²) in [4.78, 5) is 6.91. The van der Waals surface area contributed by atoms with Crippen LogP contribution in [0.2, 0.25) is 6.82 Å². The lowest BCUT2D eigenvalue weighted by molar-refractivity contribution is -0.658. The van der Waals surface area contributed by atoms with E-state index in [-0.39, 0.29) is 6.85 Å². The third-order valence-corrected chi connectivity index (χ3v) is 4.79. The number of aromatic nitrogens is 2. The van der Waals surface area contributed by atoms with Crippen LogP contribution < -0.4 is 14.8 Å². The molecule has 24 heavy (non-hydrogen) atoms. The molecule has 5 heteroatoms. The maximum atomic E-state index is 6.02. The Hall–Kier alpha value is -2.56. The van der Waals surface area contributed by atoms with E-state index in [0.717, 1.165) is 22.6 Å². The molecule has 0 N–H and O–H groups in total. The van der Waals surface area contributed by atoms with Crippen LogP contribution in [0.5, 0.6) is 0 Å². The van der Waals surface area contributed by atoms with Crippen molar-refractivity contribution in [1.82, 2.24) is 4.98 Å². The number of hydrogen-bond acceptors (Lipinski definition) is 3. The SMILES string of the molecule is CB1c2c(oc3nc(C)ccc23)C=C(C)N1c1ccc(C)c[n+]1C. The number of fused-ring (bicyclic) bond motifs is 3. The Bertz CT molecular complexity index is 990. The van der Waals surface area contributed by atoms with E-state index < -0.39 is 0 Å². The highest BCUT2D eigenvalue weighted by molar-refractivity contribution is 6.79. The van der Waals surface area contributed by atoms with Crippen molar-refractivity contribution in [2.45, 2.75) is 27.6 Å². The lowest BCUT2D eigenvalue weighted by atomic mass is 9.54. The molecule has 0 aromatic carbocycles. The average Bonchev–Trinajstić information content (AvgIpc) is 2.86. The molecule has 120 valence electrons. The first kappa shape index (κ1) is 15.0. The molecule has 1 aliphatic heterocycles. The molecule has 0 radical (unpaired) electrons. The summed E-state index contributed by atoms with van der Waals surface area (Å²) in [6.45, 7) is 8.64. The van der Waals surface area contributed by atoms with Crippen LogP contribution in [0, 0.1) is 13.8 Å². The van der Waals surface area contributed by atoms with Crippen LogP contribution in [-0.4, -0.2) is 11.8 Å². The Morgan fingerprint density at radius 3 is 2.67 bits per heavy atom. The van der Waals surface area contributed by atoms with Crippen molar-refractivity contribution in [3.63, 3.8) is 0 Å². The zero-order valence-electron chi connectivity index (χ0n) is 14.8. The van der Waals surface area contributed by atoms with E-state index in [1.54, 1.807) is 0 Å². The van der Waals surface area contributed by atoms with Gasteiger partial charge in [0.25, 0.3) is 5.82 Å². The average molecular weight is 318 g/mol. The molecule has 0 atom stereocenters. The molecule has 0 bridgehead atoms. The van der Waals surface area contributed by atoms with Gasteiger partial charge in [-0.25, -0.2) is 9.55 Å². The van der Waals surface area contributed by atoms with Gasteiger partial charge in [0.15, 0.2) is 0 Å². The Balaban J connectivity index is 1.91. The summed E-state index contributed by atoms with van der Waals surface area (Å²) >= 11 is 0. The van der Waals surface area contributed by atoms with E-state index in [1.807, 2.05) is 13.0 Å². The van der Waals surface area contributed by atoms with Crippen molar-refractivity contribution in [1.29, 1.82) is 0 Å². The molecule has 1 aliphatic rings. The third kappa shape index (κ3) is 2.15. The van der Waals surface area contributed by atoms with Crippen LogP contribution in [-0.2, 0) is 7.05 Å². The van der Waals surface area contributed by atoms with Crippen molar-refractivity contribution in [2.24, 2.45) is 7.05 Å². The lowest BCUT2D eigenvalue weighted by Gasteiger charge is -2.26. The maximum Gasteiger partial charge on any atom is 0.413 e. The number of rotatable bonds is 1. The second-order valence-corrected chi connectivity index (χ2v) is 6.69. The first-order valence-corrected chi connectivity index (χ1v) is 8.29. The molecule has 0 saturated carbocycles. The number of nitrogens with zero attached hydrogens (tertiary/aromatic N) is 3. The zero-order chi connectivity index (χ0) is 17.0. The van der Waals surface area contributed by atoms with Crippen molar-refractivity contribution in [3.05, 3.63) is 53.2 Å². The van der Waals surface area contributed by atoms with Crippen LogP contribution in [0.4, 0.5) is 5.82 Å². The minimum absolute atomic E-state index is 0.185. The third-order valence-electron chi connectivity index (χ3n) is 4.79. The van der Waals surface area contributed by atoms with E-state index in [4.69, 9.17) is 4.42 Å². The number of aryl methyl sites for hydroxylation is 3. The van der Waals surface area contributed by atoms with Crippen LogP contribution in [0.25, 0.3) is 17.2 Å². The van der Waals surface area contributed by atoms with E-state index in [9.17, 15) is 0 Å². The summed E-state index contributed by atoms with van der Waals surface area (Å²) in [7, 11) is 2.09. The molecule has 0 saturated heterocycles. The van der Waals surface area contributed by atoms with Gasteiger partial charge in [0, 0.05) is 28.7 Å². The van der Waals surface area contributed by atoms with Gasteiger partial charge in [0.05, 0.1) is 18.9 Å². The molecule has 3 aromatic rings. The molecule has 0 amide bonds. The zero-order valence-corrected chi connectivity index (χ0v) is 14.8. The van der Waals surface area contributed by atoms with Crippen molar-refractivity contribution in [3.8, 4) is 0 Å². The van der Waals surface area contributed by atoms with E-state index in [0.29, 0.717) is 0 Å². The van der Waals surface area contributed by atoms with E-state index in [2.05, 4.69) is 72.6 Å². The number of pyridine rings is 2. The molecule has 4 rings (SSSR count). The molecule has 3 aromatic heterocycles. The van der Waals surface area contributed by atoms with Crippen LogP contribution in [0.15, 0.2) is 40.6 Å². The first-order valence-electron chi connectivity index (χ1n) is 8.29. The van der Waals surface area contributed by atoms with Gasteiger partial charge in [-0.05, 0) is 51.4 Å². The van der Waals surface area contributed by atoms with E-state index in [1.165, 1.54) is 22.5 Å². The van der Waals surface area contributed by atoms with Gasteiger partial charge in [-0.2, -0.15) is 0 Å². The summed E-state index contributed by atoms with van der Waals surface area (Å²) in [5.41, 5.74) is 5.34. The van der Waals surface area contributed by atoms with Gasteiger partial charge in [-0.15, -0.1) is 0 Å². The summed E-state index contributed by atoms with van der Waals surface area (Å²) < 4.78 is 8.20. The van der Waals surface area contributed by atoms with Gasteiger partial charge >= 0.3 is 6.85 Å². The van der Waals surface area contributed by atoms with Gasteiger partial charge < -0.3 is 4.42 Å². The Kier molecular flexibility index (Phi) is 3.27. The normalized spacial score (nSPS) is 14.1. The van der Waals surface area contributed by atoms with Gasteiger partial charge in [0.1, 0.15) is 5.76 Å². The summed E-state index contributed by atoms with van der Waals surface area (Å²) in [5.74, 6) is 2.10. The number of anilines is 1. The van der Waals surface area contributed by atoms with Gasteiger partial charge in [-0.1, -0.05) is 0 Å². The van der Waals surface area contributed by atoms with Crippen LogP contribution in [0.1, 0.15) is 23.9 Å². The van der Waals surface area contributed by atoms with Crippen LogP contribution in [0.3, 0.4) is 0 Å². The molecular formula is C19H21BN3O+. The molecule has 0 aliphatic carbocycles. The van der Waals surface area contributed by atoms with Gasteiger partial charge in [0.2, 0.25) is 5.71 Å². The molecule has 0 unspecified atom stereocenters. The summed E-state index contributed by atoms with van der Waals surface area (Å²) in [5, 5.41) is 1.10. The van der Waals surface area contributed by atoms with E-state index >= 15 is 0 Å². The topological polar surface area (TPSA) is 33.2 Å². The summed E-state index contributed by atoms with van der Waals surface area (Å²) in [6, 6.07) is 8.51. The highest BCUT2D eigenvalue weighted by atomic mass is 16.3. The Morgan fingerprint density at radius 2 is 1.92 bits per heavy atom. The minimum atomic E-state index is 0.185. The number of hydrogen-bond donors (Lipinski definition) is 0. The molecule has 0 fully saturated rings. The summed E-state index contributed by atoms with van der Waals surface area (Å²) in [6.07, 6.45) is 4.27.